The molecule has 1 rings (SSSR count). The van der Waals surface area contributed by atoms with Crippen LogP contribution in [0.2, 0.25) is 0 Å². The van der Waals surface area contributed by atoms with Crippen LogP contribution in [0.3, 0.4) is 0 Å². The fraction of sp³-hybridized carbons (Fsp3) is 0.400. The van der Waals surface area contributed by atoms with Gasteiger partial charge in [0.25, 0.3) is 0 Å². The first-order valence-corrected chi connectivity index (χ1v) is 6.75. The lowest BCUT2D eigenvalue weighted by molar-refractivity contribution is 0.284. The van der Waals surface area contributed by atoms with Crippen LogP contribution in [0.25, 0.3) is 0 Å². The number of hydrogen-bond acceptors (Lipinski definition) is 4. The first-order valence-electron chi connectivity index (χ1n) is 4.44. The lowest BCUT2D eigenvalue weighted by atomic mass is 10.4. The van der Waals surface area contributed by atoms with Crippen LogP contribution in [0, 0.1) is 0 Å². The smallest absolute Gasteiger partial charge is 0.101 e. The van der Waals surface area contributed by atoms with E-state index < -0.39 is 0 Å². The topological polar surface area (TPSA) is 20.2 Å². The van der Waals surface area contributed by atoms with E-state index in [0.717, 1.165) is 15.5 Å². The quantitative estimate of drug-likeness (QED) is 0.482. The predicted molar refractivity (Wildman–Crippen MR) is 67.6 cm³/mol. The average molecular weight is 246 g/mol. The zero-order valence-electron chi connectivity index (χ0n) is 8.23. The van der Waals surface area contributed by atoms with Gasteiger partial charge in [0.1, 0.15) is 5.44 Å². The molecule has 0 spiro atoms. The lowest BCUT2D eigenvalue weighted by Gasteiger charge is -2.08. The maximum absolute atomic E-state index is 9.23. The Morgan fingerprint density at radius 3 is 2.71 bits per heavy atom. The largest absolute Gasteiger partial charge is 0.382 e. The molecule has 1 aromatic carbocycles. The van der Waals surface area contributed by atoms with E-state index in [0.29, 0.717) is 0 Å². The summed E-state index contributed by atoms with van der Waals surface area (Å²) < 4.78 is 0. The molecule has 0 bridgehead atoms. The zero-order valence-corrected chi connectivity index (χ0v) is 10.8. The van der Waals surface area contributed by atoms with Crippen molar-refractivity contribution in [2.45, 2.75) is 34.0 Å². The molecule has 0 aliphatic rings. The summed E-state index contributed by atoms with van der Waals surface area (Å²) in [6.07, 6.45) is 0. The van der Waals surface area contributed by atoms with Crippen LogP contribution in [0.15, 0.2) is 32.9 Å². The molecule has 1 atom stereocenters. The van der Waals surface area contributed by atoms with Crippen LogP contribution in [0.4, 0.5) is 0 Å². The Balaban J connectivity index is 2.79. The number of hydrogen-bond donors (Lipinski definition) is 2. The Morgan fingerprint density at radius 1 is 1.50 bits per heavy atom. The lowest BCUT2D eigenvalue weighted by Crippen LogP contribution is -1.91. The minimum atomic E-state index is -0.384. The Bertz CT molecular complexity index is 299. The van der Waals surface area contributed by atoms with Crippen molar-refractivity contribution in [3.8, 4) is 0 Å². The molecule has 0 saturated heterocycles. The van der Waals surface area contributed by atoms with E-state index in [2.05, 4.69) is 25.6 Å². The van der Waals surface area contributed by atoms with Crippen LogP contribution in [0.1, 0.15) is 13.8 Å². The minimum Gasteiger partial charge on any atom is -0.382 e. The Morgan fingerprint density at radius 2 is 2.21 bits per heavy atom. The molecule has 0 aliphatic heterocycles. The van der Waals surface area contributed by atoms with Gasteiger partial charge in [0.05, 0.1) is 0 Å². The summed E-state index contributed by atoms with van der Waals surface area (Å²) in [5.74, 6) is 1.07. The summed E-state index contributed by atoms with van der Waals surface area (Å²) in [7, 11) is 0. The molecule has 1 nitrogen and oxygen atoms in total. The van der Waals surface area contributed by atoms with Crippen molar-refractivity contribution in [3.05, 3.63) is 18.2 Å². The van der Waals surface area contributed by atoms with Crippen molar-refractivity contribution in [1.82, 2.24) is 0 Å². The molecule has 78 valence electrons. The molecule has 4 heteroatoms. The minimum absolute atomic E-state index is 0.384. The molecule has 0 aromatic heterocycles. The van der Waals surface area contributed by atoms with Crippen molar-refractivity contribution < 1.29 is 5.11 Å². The molecule has 0 fully saturated rings. The van der Waals surface area contributed by atoms with Gasteiger partial charge in [0, 0.05) is 14.7 Å². The molecule has 1 unspecified atom stereocenters. The summed E-state index contributed by atoms with van der Waals surface area (Å²) >= 11 is 7.61. The highest BCUT2D eigenvalue weighted by Crippen LogP contribution is 2.31. The van der Waals surface area contributed by atoms with Gasteiger partial charge in [-0.1, -0.05) is 18.7 Å². The number of thiol groups is 1. The Hall–Kier alpha value is 0.230. The van der Waals surface area contributed by atoms with Crippen LogP contribution in [-0.4, -0.2) is 16.3 Å². The number of aliphatic hydroxyl groups excluding tert-OH is 1. The average Bonchev–Trinajstić information content (AvgIpc) is 2.10. The highest BCUT2D eigenvalue weighted by molar-refractivity contribution is 8.00. The number of benzene rings is 1. The molecular formula is C10H14OS3. The van der Waals surface area contributed by atoms with E-state index in [9.17, 15) is 5.11 Å². The molecule has 0 saturated carbocycles. The maximum Gasteiger partial charge on any atom is 0.101 e. The van der Waals surface area contributed by atoms with E-state index in [4.69, 9.17) is 0 Å². The standard InChI is InChI=1S/C10H14OS3/c1-3-13-8-4-5-10(9(12)6-8)14-7(2)11/h4-7,11-12H,3H2,1-2H3. The van der Waals surface area contributed by atoms with Crippen LogP contribution < -0.4 is 0 Å². The van der Waals surface area contributed by atoms with Crippen molar-refractivity contribution in [2.24, 2.45) is 0 Å². The molecule has 1 N–H and O–H groups in total. The summed E-state index contributed by atoms with van der Waals surface area (Å²) in [4.78, 5) is 3.20. The monoisotopic (exact) mass is 246 g/mol. The van der Waals surface area contributed by atoms with Crippen LogP contribution in [0.5, 0.6) is 0 Å². The van der Waals surface area contributed by atoms with Crippen LogP contribution in [-0.2, 0) is 0 Å². The molecule has 0 amide bonds. The highest BCUT2D eigenvalue weighted by atomic mass is 32.2. The Kier molecular flexibility index (Phi) is 5.23. The second kappa shape index (κ2) is 5.95. The summed E-state index contributed by atoms with van der Waals surface area (Å²) in [6, 6.07) is 6.12. The van der Waals surface area contributed by atoms with Crippen LogP contribution >= 0.6 is 36.2 Å². The van der Waals surface area contributed by atoms with Crippen molar-refractivity contribution in [3.63, 3.8) is 0 Å². The third kappa shape index (κ3) is 3.77. The van der Waals surface area contributed by atoms with Gasteiger partial charge in [-0.2, -0.15) is 0 Å². The number of aliphatic hydroxyl groups is 1. The molecular weight excluding hydrogens is 232 g/mol. The zero-order chi connectivity index (χ0) is 10.6. The van der Waals surface area contributed by atoms with Crippen molar-refractivity contribution >= 4 is 36.2 Å². The van der Waals surface area contributed by atoms with E-state index in [1.165, 1.54) is 16.7 Å². The third-order valence-corrected chi connectivity index (χ3v) is 3.89. The SMILES string of the molecule is CCSc1ccc(SC(C)O)c(S)c1. The predicted octanol–water partition coefficient (Wildman–Crippen LogP) is 3.52. The molecule has 0 heterocycles. The second-order valence-corrected chi connectivity index (χ2v) is 5.96. The molecule has 0 radical (unpaired) electrons. The first-order chi connectivity index (χ1) is 6.63. The molecule has 0 aliphatic carbocycles. The number of thioether (sulfide) groups is 2. The van der Waals surface area contributed by atoms with Gasteiger partial charge in [-0.3, -0.25) is 0 Å². The summed E-state index contributed by atoms with van der Waals surface area (Å²) in [6.45, 7) is 3.88. The van der Waals surface area contributed by atoms with Gasteiger partial charge in [0.2, 0.25) is 0 Å². The van der Waals surface area contributed by atoms with Gasteiger partial charge in [0.15, 0.2) is 0 Å². The fourth-order valence-electron chi connectivity index (χ4n) is 1.04. The maximum atomic E-state index is 9.23. The van der Waals surface area contributed by atoms with Crippen molar-refractivity contribution in [1.29, 1.82) is 0 Å². The van der Waals surface area contributed by atoms with E-state index >= 15 is 0 Å². The summed E-state index contributed by atoms with van der Waals surface area (Å²) in [5.41, 5.74) is -0.384. The second-order valence-electron chi connectivity index (χ2n) is 2.78. The van der Waals surface area contributed by atoms with E-state index in [1.807, 2.05) is 12.1 Å². The number of rotatable bonds is 4. The molecule has 14 heavy (non-hydrogen) atoms. The first kappa shape index (κ1) is 12.3. The van der Waals surface area contributed by atoms with Gasteiger partial charge in [-0.05, 0) is 30.9 Å². The van der Waals surface area contributed by atoms with Gasteiger partial charge in [-0.15, -0.1) is 24.4 Å². The van der Waals surface area contributed by atoms with E-state index in [1.54, 1.807) is 18.7 Å². The van der Waals surface area contributed by atoms with Crippen molar-refractivity contribution in [2.75, 3.05) is 5.75 Å². The van der Waals surface area contributed by atoms with Gasteiger partial charge in [-0.25, -0.2) is 0 Å². The van der Waals surface area contributed by atoms with Gasteiger partial charge >= 0.3 is 0 Å². The summed E-state index contributed by atoms with van der Waals surface area (Å²) in [5, 5.41) is 9.23. The normalized spacial score (nSPS) is 12.9. The van der Waals surface area contributed by atoms with Gasteiger partial charge < -0.3 is 5.11 Å². The molecule has 1 aromatic rings. The fourth-order valence-corrected chi connectivity index (χ4v) is 2.89. The highest BCUT2D eigenvalue weighted by Gasteiger charge is 2.04. The Labute approximate surface area is 99.1 Å². The third-order valence-electron chi connectivity index (χ3n) is 1.54. The van der Waals surface area contributed by atoms with E-state index in [-0.39, 0.29) is 5.44 Å².